The Morgan fingerprint density at radius 2 is 2.00 bits per heavy atom. The summed E-state index contributed by atoms with van der Waals surface area (Å²) in [5.74, 6) is 4.49. The fraction of sp³-hybridized carbons (Fsp3) is 1.00. The summed E-state index contributed by atoms with van der Waals surface area (Å²) in [6.45, 7) is 4.59. The maximum Gasteiger partial charge on any atom is 0.0157 e. The van der Waals surface area contributed by atoms with Gasteiger partial charge in [0, 0.05) is 11.8 Å². The molecule has 1 atom stereocenters. The van der Waals surface area contributed by atoms with Crippen molar-refractivity contribution in [2.75, 3.05) is 18.6 Å². The zero-order chi connectivity index (χ0) is 9.68. The van der Waals surface area contributed by atoms with Crippen molar-refractivity contribution < 1.29 is 0 Å². The molecule has 0 radical (unpaired) electrons. The fourth-order valence-corrected chi connectivity index (χ4v) is 2.67. The highest BCUT2D eigenvalue weighted by atomic mass is 32.2. The van der Waals surface area contributed by atoms with E-state index in [2.05, 4.69) is 38.0 Å². The smallest absolute Gasteiger partial charge is 0.0157 e. The third-order valence-corrected chi connectivity index (χ3v) is 4.03. The number of rotatable bonds is 7. The number of nitrogens with one attached hydrogen (secondary N) is 1. The van der Waals surface area contributed by atoms with Crippen molar-refractivity contribution >= 4 is 11.8 Å². The van der Waals surface area contributed by atoms with Crippen LogP contribution in [-0.4, -0.2) is 24.6 Å². The van der Waals surface area contributed by atoms with E-state index < -0.39 is 0 Å². The van der Waals surface area contributed by atoms with Gasteiger partial charge in [-0.15, -0.1) is 0 Å². The van der Waals surface area contributed by atoms with Crippen LogP contribution in [0.1, 0.15) is 33.1 Å². The van der Waals surface area contributed by atoms with Gasteiger partial charge in [-0.05, 0) is 31.1 Å². The molecule has 1 N–H and O–H groups in total. The summed E-state index contributed by atoms with van der Waals surface area (Å²) in [5.41, 5.74) is 0. The first-order valence-corrected chi connectivity index (χ1v) is 6.62. The molecule has 0 saturated heterocycles. The summed E-state index contributed by atoms with van der Waals surface area (Å²) in [4.78, 5) is 0. The SMILES string of the molecule is CNC(CSCC(C)C)CC1CC1. The quantitative estimate of drug-likeness (QED) is 0.680. The van der Waals surface area contributed by atoms with Crippen molar-refractivity contribution in [3.8, 4) is 0 Å². The van der Waals surface area contributed by atoms with Crippen LogP contribution in [0.2, 0.25) is 0 Å². The number of thioether (sulfide) groups is 1. The topological polar surface area (TPSA) is 12.0 Å². The van der Waals surface area contributed by atoms with Gasteiger partial charge in [-0.1, -0.05) is 26.7 Å². The average Bonchev–Trinajstić information content (AvgIpc) is 2.86. The van der Waals surface area contributed by atoms with E-state index in [1.54, 1.807) is 0 Å². The molecular formula is C11H23NS. The summed E-state index contributed by atoms with van der Waals surface area (Å²) >= 11 is 2.10. The van der Waals surface area contributed by atoms with Crippen LogP contribution in [0.25, 0.3) is 0 Å². The molecule has 0 aliphatic heterocycles. The van der Waals surface area contributed by atoms with E-state index in [1.807, 2.05) is 0 Å². The molecule has 78 valence electrons. The molecule has 1 unspecified atom stereocenters. The van der Waals surface area contributed by atoms with E-state index in [0.29, 0.717) is 0 Å². The molecule has 0 amide bonds. The second-order valence-electron chi connectivity index (χ2n) is 4.60. The van der Waals surface area contributed by atoms with Crippen LogP contribution in [0, 0.1) is 11.8 Å². The molecule has 1 nitrogen and oxygen atoms in total. The first kappa shape index (κ1) is 11.4. The molecule has 2 heteroatoms. The molecule has 0 bridgehead atoms. The van der Waals surface area contributed by atoms with Crippen LogP contribution in [-0.2, 0) is 0 Å². The third-order valence-electron chi connectivity index (χ3n) is 2.49. The van der Waals surface area contributed by atoms with E-state index in [9.17, 15) is 0 Å². The standard InChI is InChI=1S/C11H23NS/c1-9(2)7-13-8-11(12-3)6-10-4-5-10/h9-12H,4-8H2,1-3H3. The van der Waals surface area contributed by atoms with Gasteiger partial charge in [0.2, 0.25) is 0 Å². The van der Waals surface area contributed by atoms with Crippen LogP contribution < -0.4 is 5.32 Å². The second-order valence-corrected chi connectivity index (χ2v) is 5.67. The van der Waals surface area contributed by atoms with Crippen molar-refractivity contribution in [2.45, 2.75) is 39.2 Å². The lowest BCUT2D eigenvalue weighted by atomic mass is 10.2. The largest absolute Gasteiger partial charge is 0.316 e. The first-order valence-electron chi connectivity index (χ1n) is 5.47. The lowest BCUT2D eigenvalue weighted by molar-refractivity contribution is 0.536. The predicted octanol–water partition coefficient (Wildman–Crippen LogP) is 2.76. The Morgan fingerprint density at radius 1 is 1.31 bits per heavy atom. The van der Waals surface area contributed by atoms with Gasteiger partial charge in [0.1, 0.15) is 0 Å². The van der Waals surface area contributed by atoms with Crippen LogP contribution in [0.5, 0.6) is 0 Å². The van der Waals surface area contributed by atoms with E-state index >= 15 is 0 Å². The van der Waals surface area contributed by atoms with E-state index in [1.165, 1.54) is 30.8 Å². The Hall–Kier alpha value is 0.310. The Balaban J connectivity index is 2.01. The second kappa shape index (κ2) is 5.92. The third kappa shape index (κ3) is 5.58. The predicted molar refractivity (Wildman–Crippen MR) is 62.4 cm³/mol. The van der Waals surface area contributed by atoms with Crippen molar-refractivity contribution in [3.63, 3.8) is 0 Å². The Kier molecular flexibility index (Phi) is 5.18. The van der Waals surface area contributed by atoms with Gasteiger partial charge >= 0.3 is 0 Å². The minimum Gasteiger partial charge on any atom is -0.316 e. The number of hydrogen-bond donors (Lipinski definition) is 1. The molecule has 0 spiro atoms. The summed E-state index contributed by atoms with van der Waals surface area (Å²) in [7, 11) is 2.10. The highest BCUT2D eigenvalue weighted by Crippen LogP contribution is 2.34. The van der Waals surface area contributed by atoms with Gasteiger partial charge in [-0.3, -0.25) is 0 Å². The van der Waals surface area contributed by atoms with E-state index in [-0.39, 0.29) is 0 Å². The Labute approximate surface area is 87.1 Å². The van der Waals surface area contributed by atoms with Crippen molar-refractivity contribution in [3.05, 3.63) is 0 Å². The molecule has 1 aliphatic rings. The lowest BCUT2D eigenvalue weighted by Gasteiger charge is -2.15. The molecular weight excluding hydrogens is 178 g/mol. The molecule has 0 aromatic carbocycles. The van der Waals surface area contributed by atoms with Crippen molar-refractivity contribution in [1.82, 2.24) is 5.32 Å². The Bertz CT molecular complexity index is 132. The zero-order valence-electron chi connectivity index (χ0n) is 9.18. The van der Waals surface area contributed by atoms with E-state index in [4.69, 9.17) is 0 Å². The maximum absolute atomic E-state index is 3.43. The van der Waals surface area contributed by atoms with Gasteiger partial charge in [-0.25, -0.2) is 0 Å². The van der Waals surface area contributed by atoms with Crippen molar-refractivity contribution in [2.24, 2.45) is 11.8 Å². The summed E-state index contributed by atoms with van der Waals surface area (Å²) in [6.07, 6.45) is 4.36. The van der Waals surface area contributed by atoms with Gasteiger partial charge in [-0.2, -0.15) is 11.8 Å². The average molecular weight is 201 g/mol. The Morgan fingerprint density at radius 3 is 2.46 bits per heavy atom. The summed E-state index contributed by atoms with van der Waals surface area (Å²) < 4.78 is 0. The highest BCUT2D eigenvalue weighted by molar-refractivity contribution is 7.99. The molecule has 1 fully saturated rings. The lowest BCUT2D eigenvalue weighted by Crippen LogP contribution is -2.28. The van der Waals surface area contributed by atoms with Gasteiger partial charge < -0.3 is 5.32 Å². The molecule has 1 rings (SSSR count). The molecule has 1 saturated carbocycles. The van der Waals surface area contributed by atoms with Crippen molar-refractivity contribution in [1.29, 1.82) is 0 Å². The molecule has 0 aromatic heterocycles. The van der Waals surface area contributed by atoms with Gasteiger partial charge in [0.25, 0.3) is 0 Å². The zero-order valence-corrected chi connectivity index (χ0v) is 9.99. The van der Waals surface area contributed by atoms with E-state index in [0.717, 1.165) is 17.9 Å². The van der Waals surface area contributed by atoms with Crippen LogP contribution in [0.4, 0.5) is 0 Å². The minimum atomic E-state index is 0.760. The normalized spacial score (nSPS) is 19.4. The van der Waals surface area contributed by atoms with Crippen LogP contribution in [0.15, 0.2) is 0 Å². The molecule has 1 aliphatic carbocycles. The highest BCUT2D eigenvalue weighted by Gasteiger charge is 2.24. The van der Waals surface area contributed by atoms with Gasteiger partial charge in [0.15, 0.2) is 0 Å². The fourth-order valence-electron chi connectivity index (χ4n) is 1.47. The summed E-state index contributed by atoms with van der Waals surface area (Å²) in [6, 6.07) is 0.760. The van der Waals surface area contributed by atoms with Crippen LogP contribution in [0.3, 0.4) is 0 Å². The van der Waals surface area contributed by atoms with Crippen LogP contribution >= 0.6 is 11.8 Å². The summed E-state index contributed by atoms with van der Waals surface area (Å²) in [5, 5.41) is 3.43. The molecule has 0 aromatic rings. The monoisotopic (exact) mass is 201 g/mol. The van der Waals surface area contributed by atoms with Gasteiger partial charge in [0.05, 0.1) is 0 Å². The minimum absolute atomic E-state index is 0.760. The first-order chi connectivity index (χ1) is 6.22. The molecule has 13 heavy (non-hydrogen) atoms. The maximum atomic E-state index is 3.43. The molecule has 0 heterocycles. The number of hydrogen-bond acceptors (Lipinski definition) is 2.